The van der Waals surface area contributed by atoms with Crippen LogP contribution in [0.5, 0.6) is 11.5 Å². The molecule has 0 saturated heterocycles. The number of fused-ring (bicyclic) bond motifs is 1. The first-order chi connectivity index (χ1) is 9.27. The molecule has 1 heterocycles. The summed E-state index contributed by atoms with van der Waals surface area (Å²) in [6.45, 7) is 4.77. The van der Waals surface area contributed by atoms with Gasteiger partial charge in [-0.1, -0.05) is 6.07 Å². The minimum atomic E-state index is -0.533. The first-order valence-corrected chi connectivity index (χ1v) is 6.50. The van der Waals surface area contributed by atoms with Crippen LogP contribution in [0.1, 0.15) is 18.6 Å². The third-order valence-electron chi connectivity index (χ3n) is 2.79. The number of aliphatic hydroxyl groups is 1. The van der Waals surface area contributed by atoms with Crippen molar-refractivity contribution in [1.29, 1.82) is 0 Å². The third kappa shape index (κ3) is 4.38. The molecule has 0 radical (unpaired) electrons. The van der Waals surface area contributed by atoms with Crippen LogP contribution in [0.25, 0.3) is 0 Å². The molecule has 0 saturated carbocycles. The zero-order valence-electron chi connectivity index (χ0n) is 11.1. The van der Waals surface area contributed by atoms with Crippen LogP contribution in [0.2, 0.25) is 0 Å². The van der Waals surface area contributed by atoms with Crippen LogP contribution in [-0.4, -0.2) is 44.7 Å². The summed E-state index contributed by atoms with van der Waals surface area (Å²) in [6, 6.07) is 5.44. The molecule has 2 rings (SSSR count). The summed E-state index contributed by atoms with van der Waals surface area (Å²) in [4.78, 5) is 0. The summed E-state index contributed by atoms with van der Waals surface area (Å²) in [5.74, 6) is 1.29. The summed E-state index contributed by atoms with van der Waals surface area (Å²) in [5, 5.41) is 9.59. The van der Waals surface area contributed by atoms with Crippen LogP contribution >= 0.6 is 0 Å². The average molecular weight is 268 g/mol. The van der Waals surface area contributed by atoms with Crippen molar-refractivity contribution in [2.75, 3.05) is 39.6 Å². The van der Waals surface area contributed by atoms with Crippen LogP contribution in [0.4, 0.5) is 0 Å². The maximum absolute atomic E-state index is 9.59. The summed E-state index contributed by atoms with van der Waals surface area (Å²) in [6.07, 6.45) is -0.533. The second-order valence-electron chi connectivity index (χ2n) is 4.30. The van der Waals surface area contributed by atoms with Gasteiger partial charge in [0.05, 0.1) is 32.5 Å². The molecule has 5 nitrogen and oxygen atoms in total. The summed E-state index contributed by atoms with van der Waals surface area (Å²) in [5.41, 5.74) is 0.798. The molecule has 0 fully saturated rings. The SMILES string of the molecule is C[C@H](O)c1ccc2c(c1)OCCOCCOCCO2. The van der Waals surface area contributed by atoms with Gasteiger partial charge < -0.3 is 24.1 Å². The highest BCUT2D eigenvalue weighted by Gasteiger charge is 2.10. The summed E-state index contributed by atoms with van der Waals surface area (Å²) >= 11 is 0. The Balaban J connectivity index is 2.11. The first kappa shape index (κ1) is 14.1. The second-order valence-corrected chi connectivity index (χ2v) is 4.30. The largest absolute Gasteiger partial charge is 0.487 e. The van der Waals surface area contributed by atoms with Gasteiger partial charge in [-0.25, -0.2) is 0 Å². The highest BCUT2D eigenvalue weighted by molar-refractivity contribution is 5.43. The Hall–Kier alpha value is -1.30. The Labute approximate surface area is 113 Å². The predicted molar refractivity (Wildman–Crippen MR) is 69.7 cm³/mol. The molecule has 1 aromatic rings. The molecule has 0 spiro atoms. The van der Waals surface area contributed by atoms with Crippen LogP contribution in [0.3, 0.4) is 0 Å². The molecule has 0 bridgehead atoms. The lowest BCUT2D eigenvalue weighted by Gasteiger charge is -2.16. The van der Waals surface area contributed by atoms with Gasteiger partial charge in [-0.2, -0.15) is 0 Å². The van der Waals surface area contributed by atoms with E-state index in [0.29, 0.717) is 51.1 Å². The van der Waals surface area contributed by atoms with E-state index < -0.39 is 6.10 Å². The van der Waals surface area contributed by atoms with Gasteiger partial charge >= 0.3 is 0 Å². The van der Waals surface area contributed by atoms with Crippen molar-refractivity contribution < 1.29 is 24.1 Å². The van der Waals surface area contributed by atoms with E-state index in [9.17, 15) is 5.11 Å². The van der Waals surface area contributed by atoms with E-state index in [1.54, 1.807) is 13.0 Å². The van der Waals surface area contributed by atoms with Crippen LogP contribution < -0.4 is 9.47 Å². The van der Waals surface area contributed by atoms with Crippen molar-refractivity contribution >= 4 is 0 Å². The molecule has 1 aromatic carbocycles. The van der Waals surface area contributed by atoms with E-state index >= 15 is 0 Å². The number of ether oxygens (including phenoxy) is 4. The number of hydrogen-bond donors (Lipinski definition) is 1. The van der Waals surface area contributed by atoms with Crippen LogP contribution in [-0.2, 0) is 9.47 Å². The van der Waals surface area contributed by atoms with Crippen LogP contribution in [0.15, 0.2) is 18.2 Å². The third-order valence-corrected chi connectivity index (χ3v) is 2.79. The number of benzene rings is 1. The molecule has 5 heteroatoms. The zero-order valence-corrected chi connectivity index (χ0v) is 11.1. The number of hydrogen-bond acceptors (Lipinski definition) is 5. The maximum atomic E-state index is 9.59. The molecule has 1 atom stereocenters. The fourth-order valence-corrected chi connectivity index (χ4v) is 1.76. The zero-order chi connectivity index (χ0) is 13.5. The van der Waals surface area contributed by atoms with E-state index in [0.717, 1.165) is 5.56 Å². The van der Waals surface area contributed by atoms with Crippen molar-refractivity contribution in [3.05, 3.63) is 23.8 Å². The Morgan fingerprint density at radius 3 is 2.11 bits per heavy atom. The van der Waals surface area contributed by atoms with Crippen molar-refractivity contribution in [2.45, 2.75) is 13.0 Å². The van der Waals surface area contributed by atoms with Gasteiger partial charge in [0.25, 0.3) is 0 Å². The van der Waals surface area contributed by atoms with Gasteiger partial charge in [0.2, 0.25) is 0 Å². The van der Waals surface area contributed by atoms with Gasteiger partial charge in [-0.15, -0.1) is 0 Å². The molecule has 19 heavy (non-hydrogen) atoms. The van der Waals surface area contributed by atoms with Gasteiger partial charge in [0, 0.05) is 0 Å². The lowest BCUT2D eigenvalue weighted by atomic mass is 10.1. The van der Waals surface area contributed by atoms with Gasteiger partial charge in [0.15, 0.2) is 11.5 Å². The summed E-state index contributed by atoms with van der Waals surface area (Å²) < 4.78 is 22.0. The monoisotopic (exact) mass is 268 g/mol. The molecule has 0 aliphatic carbocycles. The Morgan fingerprint density at radius 2 is 1.47 bits per heavy atom. The Bertz CT molecular complexity index is 391. The summed E-state index contributed by atoms with van der Waals surface area (Å²) in [7, 11) is 0. The average Bonchev–Trinajstić information content (AvgIpc) is 2.39. The van der Waals surface area contributed by atoms with Crippen molar-refractivity contribution in [3.63, 3.8) is 0 Å². The fraction of sp³-hybridized carbons (Fsp3) is 0.571. The lowest BCUT2D eigenvalue weighted by molar-refractivity contribution is 0.0223. The number of aliphatic hydroxyl groups excluding tert-OH is 1. The van der Waals surface area contributed by atoms with Gasteiger partial charge in [-0.3, -0.25) is 0 Å². The van der Waals surface area contributed by atoms with Crippen molar-refractivity contribution in [1.82, 2.24) is 0 Å². The Morgan fingerprint density at radius 1 is 0.895 bits per heavy atom. The molecule has 1 aliphatic rings. The van der Waals surface area contributed by atoms with E-state index in [4.69, 9.17) is 18.9 Å². The minimum Gasteiger partial charge on any atom is -0.487 e. The highest BCUT2D eigenvalue weighted by atomic mass is 16.6. The molecule has 106 valence electrons. The molecule has 1 aliphatic heterocycles. The predicted octanol–water partition coefficient (Wildman–Crippen LogP) is 1.54. The van der Waals surface area contributed by atoms with E-state index in [2.05, 4.69) is 0 Å². The maximum Gasteiger partial charge on any atom is 0.161 e. The van der Waals surface area contributed by atoms with E-state index in [1.165, 1.54) is 0 Å². The molecule has 0 aromatic heterocycles. The van der Waals surface area contributed by atoms with Crippen molar-refractivity contribution in [3.8, 4) is 11.5 Å². The second kappa shape index (κ2) is 7.33. The molecule has 0 amide bonds. The quantitative estimate of drug-likeness (QED) is 0.837. The van der Waals surface area contributed by atoms with Gasteiger partial charge in [-0.05, 0) is 24.6 Å². The van der Waals surface area contributed by atoms with Crippen molar-refractivity contribution in [2.24, 2.45) is 0 Å². The minimum absolute atomic E-state index is 0.444. The van der Waals surface area contributed by atoms with Crippen LogP contribution in [0, 0.1) is 0 Å². The van der Waals surface area contributed by atoms with E-state index in [1.807, 2.05) is 12.1 Å². The topological polar surface area (TPSA) is 57.2 Å². The molecule has 0 unspecified atom stereocenters. The highest BCUT2D eigenvalue weighted by Crippen LogP contribution is 2.30. The molecular weight excluding hydrogens is 248 g/mol. The first-order valence-electron chi connectivity index (χ1n) is 6.50. The fourth-order valence-electron chi connectivity index (χ4n) is 1.76. The smallest absolute Gasteiger partial charge is 0.161 e. The van der Waals surface area contributed by atoms with Gasteiger partial charge in [0.1, 0.15) is 13.2 Å². The standard InChI is InChI=1S/C14H20O5/c1-11(15)12-2-3-13-14(10-12)19-9-7-17-5-4-16-6-8-18-13/h2-3,10-11,15H,4-9H2,1H3/t11-/m0/s1. The van der Waals surface area contributed by atoms with E-state index in [-0.39, 0.29) is 0 Å². The lowest BCUT2D eigenvalue weighted by Crippen LogP contribution is -2.15. The normalized spacial score (nSPS) is 19.1. The molecule has 1 N–H and O–H groups in total. The Kier molecular flexibility index (Phi) is 5.44. The number of rotatable bonds is 1. The molecular formula is C14H20O5.